The molecule has 0 radical (unpaired) electrons. The second-order valence-electron chi connectivity index (χ2n) is 6.13. The van der Waals surface area contributed by atoms with Gasteiger partial charge < -0.3 is 4.90 Å². The van der Waals surface area contributed by atoms with Crippen molar-refractivity contribution in [2.75, 3.05) is 13.1 Å². The van der Waals surface area contributed by atoms with Crippen molar-refractivity contribution < 1.29 is 18.0 Å². The number of rotatable bonds is 2. The Morgan fingerprint density at radius 2 is 1.83 bits per heavy atom. The van der Waals surface area contributed by atoms with Crippen molar-refractivity contribution in [1.29, 1.82) is 0 Å². The number of carbonyl (C=O) groups excluding carboxylic acids is 1. The van der Waals surface area contributed by atoms with Crippen LogP contribution >= 0.6 is 0 Å². The van der Waals surface area contributed by atoms with E-state index in [4.69, 9.17) is 0 Å². The maximum Gasteiger partial charge on any atom is 0.406 e. The highest BCUT2D eigenvalue weighted by atomic mass is 19.4. The van der Waals surface area contributed by atoms with Gasteiger partial charge in [0.2, 0.25) is 0 Å². The zero-order chi connectivity index (χ0) is 17.5. The molecule has 2 aromatic rings. The summed E-state index contributed by atoms with van der Waals surface area (Å²) in [7, 11) is 0. The molecule has 1 aliphatic heterocycles. The van der Waals surface area contributed by atoms with Crippen molar-refractivity contribution in [2.45, 2.75) is 32.5 Å². The zero-order valence-electron chi connectivity index (χ0n) is 13.2. The van der Waals surface area contributed by atoms with Crippen molar-refractivity contribution in [3.8, 4) is 0 Å². The molecule has 1 aliphatic rings. The monoisotopic (exact) mass is 338 g/mol. The smallest absolute Gasteiger partial charge is 0.337 e. The van der Waals surface area contributed by atoms with Crippen molar-refractivity contribution in [3.05, 3.63) is 45.9 Å². The molecule has 1 amide bonds. The van der Waals surface area contributed by atoms with E-state index in [1.807, 2.05) is 0 Å². The molecule has 7 heteroatoms. The summed E-state index contributed by atoms with van der Waals surface area (Å²) in [6.45, 7) is 1.30. The normalized spacial score (nSPS) is 15.2. The van der Waals surface area contributed by atoms with E-state index in [9.17, 15) is 22.8 Å². The van der Waals surface area contributed by atoms with Crippen LogP contribution in [-0.2, 0) is 6.54 Å². The van der Waals surface area contributed by atoms with E-state index in [0.29, 0.717) is 23.0 Å². The molecule has 0 atom stereocenters. The van der Waals surface area contributed by atoms with Crippen molar-refractivity contribution in [3.63, 3.8) is 0 Å². The molecular weight excluding hydrogens is 321 g/mol. The SMILES string of the molecule is Cc1ccc2cc(C(=O)N3CCCC3)n(CC(F)(F)F)c(=O)c2c1. The van der Waals surface area contributed by atoms with Gasteiger partial charge in [0, 0.05) is 18.5 Å². The molecule has 0 aliphatic carbocycles. The molecule has 3 rings (SSSR count). The Bertz CT molecular complexity index is 849. The summed E-state index contributed by atoms with van der Waals surface area (Å²) < 4.78 is 39.4. The second kappa shape index (κ2) is 5.96. The summed E-state index contributed by atoms with van der Waals surface area (Å²) in [5, 5.41) is 0.670. The summed E-state index contributed by atoms with van der Waals surface area (Å²) in [5.41, 5.74) is -0.205. The van der Waals surface area contributed by atoms with Gasteiger partial charge in [0.15, 0.2) is 0 Å². The summed E-state index contributed by atoms with van der Waals surface area (Å²) in [5.74, 6) is -0.517. The predicted octanol–water partition coefficient (Wildman–Crippen LogP) is 3.11. The lowest BCUT2D eigenvalue weighted by Gasteiger charge is -2.20. The van der Waals surface area contributed by atoms with Crippen molar-refractivity contribution >= 4 is 16.7 Å². The fourth-order valence-electron chi connectivity index (χ4n) is 3.06. The largest absolute Gasteiger partial charge is 0.406 e. The van der Waals surface area contributed by atoms with Gasteiger partial charge in [0.05, 0.1) is 0 Å². The van der Waals surface area contributed by atoms with Gasteiger partial charge in [-0.05, 0) is 37.3 Å². The molecule has 1 aromatic carbocycles. The topological polar surface area (TPSA) is 42.3 Å². The molecule has 24 heavy (non-hydrogen) atoms. The number of alkyl halides is 3. The minimum absolute atomic E-state index is 0.192. The van der Waals surface area contributed by atoms with Gasteiger partial charge >= 0.3 is 6.18 Å². The number of pyridine rings is 1. The first-order valence-corrected chi connectivity index (χ1v) is 7.76. The maximum atomic E-state index is 12.9. The van der Waals surface area contributed by atoms with E-state index < -0.39 is 24.2 Å². The number of hydrogen-bond donors (Lipinski definition) is 0. The molecule has 1 aromatic heterocycles. The fourth-order valence-corrected chi connectivity index (χ4v) is 3.06. The maximum absolute atomic E-state index is 12.9. The molecule has 1 fully saturated rings. The summed E-state index contributed by atoms with van der Waals surface area (Å²) in [6, 6.07) is 6.36. The quantitative estimate of drug-likeness (QED) is 0.844. The van der Waals surface area contributed by atoms with Crippen LogP contribution < -0.4 is 5.56 Å². The number of halogens is 3. The molecule has 1 saturated heterocycles. The van der Waals surface area contributed by atoms with E-state index >= 15 is 0 Å². The Morgan fingerprint density at radius 1 is 1.17 bits per heavy atom. The number of carbonyl (C=O) groups is 1. The van der Waals surface area contributed by atoms with Crippen LogP contribution in [-0.4, -0.2) is 34.6 Å². The van der Waals surface area contributed by atoms with E-state index in [1.165, 1.54) is 11.0 Å². The lowest BCUT2D eigenvalue weighted by Crippen LogP contribution is -2.37. The molecule has 0 N–H and O–H groups in total. The molecule has 0 saturated carbocycles. The number of likely N-dealkylation sites (tertiary alicyclic amines) is 1. The second-order valence-corrected chi connectivity index (χ2v) is 6.13. The van der Waals surface area contributed by atoms with Crippen LogP contribution in [0.15, 0.2) is 29.1 Å². The van der Waals surface area contributed by atoms with Crippen LogP contribution in [0, 0.1) is 6.92 Å². The third-order valence-corrected chi connectivity index (χ3v) is 4.22. The number of aromatic nitrogens is 1. The minimum Gasteiger partial charge on any atom is -0.337 e. The summed E-state index contributed by atoms with van der Waals surface area (Å²) in [4.78, 5) is 26.7. The molecule has 4 nitrogen and oxygen atoms in total. The van der Waals surface area contributed by atoms with Crippen molar-refractivity contribution in [1.82, 2.24) is 9.47 Å². The molecule has 128 valence electrons. The number of hydrogen-bond acceptors (Lipinski definition) is 2. The summed E-state index contributed by atoms with van der Waals surface area (Å²) in [6.07, 6.45) is -2.94. The van der Waals surface area contributed by atoms with Gasteiger partial charge in [-0.15, -0.1) is 0 Å². The van der Waals surface area contributed by atoms with Gasteiger partial charge in [-0.2, -0.15) is 13.2 Å². The summed E-state index contributed by atoms with van der Waals surface area (Å²) >= 11 is 0. The average molecular weight is 338 g/mol. The Hall–Kier alpha value is -2.31. The van der Waals surface area contributed by atoms with E-state index in [-0.39, 0.29) is 11.1 Å². The Kier molecular flexibility index (Phi) is 4.11. The van der Waals surface area contributed by atoms with Crippen LogP contribution in [0.2, 0.25) is 0 Å². The fraction of sp³-hybridized carbons (Fsp3) is 0.412. The number of amides is 1. The Morgan fingerprint density at radius 3 is 2.46 bits per heavy atom. The highest BCUT2D eigenvalue weighted by molar-refractivity contribution is 5.97. The number of fused-ring (bicyclic) bond motifs is 1. The van der Waals surface area contributed by atoms with Crippen LogP contribution in [0.5, 0.6) is 0 Å². The van der Waals surface area contributed by atoms with Gasteiger partial charge in [-0.25, -0.2) is 0 Å². The average Bonchev–Trinajstić information content (AvgIpc) is 3.03. The van der Waals surface area contributed by atoms with Gasteiger partial charge in [-0.3, -0.25) is 14.2 Å². The van der Waals surface area contributed by atoms with Crippen LogP contribution in [0.3, 0.4) is 0 Å². The third kappa shape index (κ3) is 3.16. The van der Waals surface area contributed by atoms with Crippen LogP contribution in [0.25, 0.3) is 10.8 Å². The first-order valence-electron chi connectivity index (χ1n) is 7.76. The first-order chi connectivity index (χ1) is 11.3. The first kappa shape index (κ1) is 16.5. The highest BCUT2D eigenvalue weighted by Crippen LogP contribution is 2.22. The molecule has 2 heterocycles. The van der Waals surface area contributed by atoms with Gasteiger partial charge in [-0.1, -0.05) is 17.7 Å². The number of aryl methyl sites for hydroxylation is 1. The third-order valence-electron chi connectivity index (χ3n) is 4.22. The van der Waals surface area contributed by atoms with Crippen molar-refractivity contribution in [2.24, 2.45) is 0 Å². The van der Waals surface area contributed by atoms with E-state index in [1.54, 1.807) is 25.1 Å². The Labute approximate surface area is 136 Å². The molecule has 0 bridgehead atoms. The number of nitrogens with zero attached hydrogens (tertiary/aromatic N) is 2. The highest BCUT2D eigenvalue weighted by Gasteiger charge is 2.32. The lowest BCUT2D eigenvalue weighted by molar-refractivity contribution is -0.141. The lowest BCUT2D eigenvalue weighted by atomic mass is 10.1. The molecule has 0 unspecified atom stereocenters. The minimum atomic E-state index is -4.58. The molecule has 0 spiro atoms. The standard InChI is InChI=1S/C17H17F3N2O2/c1-11-4-5-12-9-14(16(24)21-6-2-3-7-21)22(10-17(18,19)20)15(23)13(12)8-11/h4-5,8-9H,2-3,6-7,10H2,1H3. The number of benzene rings is 1. The van der Waals surface area contributed by atoms with Crippen LogP contribution in [0.4, 0.5) is 13.2 Å². The van der Waals surface area contributed by atoms with Gasteiger partial charge in [0.25, 0.3) is 11.5 Å². The van der Waals surface area contributed by atoms with Crippen LogP contribution in [0.1, 0.15) is 28.9 Å². The predicted molar refractivity (Wildman–Crippen MR) is 84.1 cm³/mol. The van der Waals surface area contributed by atoms with Gasteiger partial charge in [0.1, 0.15) is 12.2 Å². The molecular formula is C17H17F3N2O2. The zero-order valence-corrected chi connectivity index (χ0v) is 13.2. The van der Waals surface area contributed by atoms with E-state index in [0.717, 1.165) is 18.4 Å². The van der Waals surface area contributed by atoms with E-state index in [2.05, 4.69) is 0 Å². The Balaban J connectivity index is 2.21.